The molecule has 0 saturated carbocycles. The Morgan fingerprint density at radius 3 is 2.40 bits per heavy atom. The van der Waals surface area contributed by atoms with Gasteiger partial charge in [0.15, 0.2) is 0 Å². The largest absolute Gasteiger partial charge is 0.492 e. The molecule has 0 heterocycles. The minimum Gasteiger partial charge on any atom is -0.492 e. The number of hydrogen-bond acceptors (Lipinski definition) is 2. The van der Waals surface area contributed by atoms with Gasteiger partial charge in [0.05, 0.1) is 0 Å². The summed E-state index contributed by atoms with van der Waals surface area (Å²) < 4.78 is 5.85. The Morgan fingerprint density at radius 2 is 1.85 bits per heavy atom. The molecule has 0 spiro atoms. The Balaban J connectivity index is 2.38. The van der Waals surface area contributed by atoms with Crippen molar-refractivity contribution in [1.29, 1.82) is 0 Å². The van der Waals surface area contributed by atoms with Gasteiger partial charge in [0.25, 0.3) is 0 Å². The van der Waals surface area contributed by atoms with E-state index in [9.17, 15) is 0 Å². The molecule has 2 heteroatoms. The Bertz CT molecular complexity index is 404. The quantitative estimate of drug-likeness (QED) is 0.750. The van der Waals surface area contributed by atoms with E-state index in [0.29, 0.717) is 0 Å². The lowest BCUT2D eigenvalue weighted by Crippen LogP contribution is -2.23. The molecule has 0 saturated heterocycles. The lowest BCUT2D eigenvalue weighted by atomic mass is 9.86. The highest BCUT2D eigenvalue weighted by molar-refractivity contribution is 5.38. The van der Waals surface area contributed by atoms with E-state index in [1.54, 1.807) is 0 Å². The van der Waals surface area contributed by atoms with Crippen molar-refractivity contribution < 1.29 is 4.74 Å². The molecule has 20 heavy (non-hydrogen) atoms. The molecule has 0 aliphatic heterocycles. The van der Waals surface area contributed by atoms with E-state index in [1.165, 1.54) is 17.5 Å². The lowest BCUT2D eigenvalue weighted by Gasteiger charge is -2.20. The highest BCUT2D eigenvalue weighted by Crippen LogP contribution is 2.27. The van der Waals surface area contributed by atoms with E-state index in [4.69, 9.17) is 4.74 Å². The monoisotopic (exact) mass is 277 g/mol. The zero-order valence-electron chi connectivity index (χ0n) is 14.0. The number of hydrogen-bond donors (Lipinski definition) is 1. The van der Waals surface area contributed by atoms with Gasteiger partial charge in [-0.15, -0.1) is 0 Å². The maximum absolute atomic E-state index is 5.85. The fourth-order valence-electron chi connectivity index (χ4n) is 2.03. The third-order valence-electron chi connectivity index (χ3n) is 3.48. The Kier molecular flexibility index (Phi) is 6.54. The highest BCUT2D eigenvalue weighted by Gasteiger charge is 2.14. The zero-order chi connectivity index (χ0) is 15.2. The van der Waals surface area contributed by atoms with E-state index >= 15 is 0 Å². The van der Waals surface area contributed by atoms with Crippen molar-refractivity contribution in [2.45, 2.75) is 53.4 Å². The maximum atomic E-state index is 5.85. The molecule has 0 aromatic heterocycles. The minimum atomic E-state index is 0.196. The van der Waals surface area contributed by atoms with Gasteiger partial charge in [-0.2, -0.15) is 0 Å². The fourth-order valence-corrected chi connectivity index (χ4v) is 2.03. The number of benzene rings is 1. The average Bonchev–Trinajstić information content (AvgIpc) is 2.33. The van der Waals surface area contributed by atoms with Crippen LogP contribution in [0.15, 0.2) is 18.2 Å². The van der Waals surface area contributed by atoms with Crippen molar-refractivity contribution in [1.82, 2.24) is 5.32 Å². The van der Waals surface area contributed by atoms with Crippen molar-refractivity contribution in [3.8, 4) is 5.75 Å². The van der Waals surface area contributed by atoms with Crippen molar-refractivity contribution in [2.75, 3.05) is 19.7 Å². The third kappa shape index (κ3) is 5.96. The summed E-state index contributed by atoms with van der Waals surface area (Å²) in [6.07, 6.45) is 1.22. The summed E-state index contributed by atoms with van der Waals surface area (Å²) in [5, 5.41) is 3.42. The maximum Gasteiger partial charge on any atom is 0.122 e. The van der Waals surface area contributed by atoms with Crippen molar-refractivity contribution in [3.05, 3.63) is 29.3 Å². The van der Waals surface area contributed by atoms with Crippen LogP contribution in [0, 0.1) is 12.8 Å². The summed E-state index contributed by atoms with van der Waals surface area (Å²) in [6, 6.07) is 6.51. The molecular weight excluding hydrogens is 246 g/mol. The molecule has 0 aliphatic carbocycles. The first-order valence-electron chi connectivity index (χ1n) is 7.75. The van der Waals surface area contributed by atoms with Gasteiger partial charge in [-0.05, 0) is 48.4 Å². The van der Waals surface area contributed by atoms with Crippen molar-refractivity contribution >= 4 is 0 Å². The van der Waals surface area contributed by atoms with Crippen LogP contribution < -0.4 is 10.1 Å². The lowest BCUT2D eigenvalue weighted by molar-refractivity contribution is 0.310. The van der Waals surface area contributed by atoms with Crippen LogP contribution in [-0.4, -0.2) is 19.7 Å². The van der Waals surface area contributed by atoms with Gasteiger partial charge in [0, 0.05) is 6.54 Å². The first kappa shape index (κ1) is 17.0. The summed E-state index contributed by atoms with van der Waals surface area (Å²) in [7, 11) is 0. The number of aryl methyl sites for hydroxylation is 1. The zero-order valence-corrected chi connectivity index (χ0v) is 14.0. The molecule has 2 nitrogen and oxygen atoms in total. The van der Waals surface area contributed by atoms with Gasteiger partial charge in [-0.3, -0.25) is 0 Å². The standard InChI is InChI=1S/C18H31NO/c1-14(2)9-10-19-11-12-20-17-8-7-16(13-15(17)3)18(4,5)6/h7-8,13-14,19H,9-12H2,1-6H3. The molecule has 1 N–H and O–H groups in total. The molecular formula is C18H31NO. The molecule has 0 unspecified atom stereocenters. The molecule has 0 radical (unpaired) electrons. The second-order valence-electron chi connectivity index (χ2n) is 7.01. The van der Waals surface area contributed by atoms with E-state index in [-0.39, 0.29) is 5.41 Å². The molecule has 0 amide bonds. The Morgan fingerprint density at radius 1 is 1.15 bits per heavy atom. The highest BCUT2D eigenvalue weighted by atomic mass is 16.5. The number of rotatable bonds is 7. The van der Waals surface area contributed by atoms with Crippen LogP contribution in [0.2, 0.25) is 0 Å². The van der Waals surface area contributed by atoms with Crippen LogP contribution in [0.1, 0.15) is 52.2 Å². The van der Waals surface area contributed by atoms with Gasteiger partial charge >= 0.3 is 0 Å². The Labute approximate surface area is 124 Å². The van der Waals surface area contributed by atoms with Gasteiger partial charge in [-0.1, -0.05) is 46.8 Å². The van der Waals surface area contributed by atoms with E-state index in [0.717, 1.165) is 31.4 Å². The first-order valence-corrected chi connectivity index (χ1v) is 7.75. The van der Waals surface area contributed by atoms with Crippen molar-refractivity contribution in [2.24, 2.45) is 5.92 Å². The predicted octanol–water partition coefficient (Wildman–Crippen LogP) is 4.31. The van der Waals surface area contributed by atoms with Crippen LogP contribution in [0.25, 0.3) is 0 Å². The summed E-state index contributed by atoms with van der Waals surface area (Å²) in [4.78, 5) is 0. The second-order valence-corrected chi connectivity index (χ2v) is 7.01. The molecule has 0 aliphatic rings. The third-order valence-corrected chi connectivity index (χ3v) is 3.48. The molecule has 1 rings (SSSR count). The summed E-state index contributed by atoms with van der Waals surface area (Å²) >= 11 is 0. The van der Waals surface area contributed by atoms with Crippen LogP contribution in [0.3, 0.4) is 0 Å². The van der Waals surface area contributed by atoms with Crippen LogP contribution in [0.4, 0.5) is 0 Å². The molecule has 1 aromatic carbocycles. The van der Waals surface area contributed by atoms with Crippen LogP contribution >= 0.6 is 0 Å². The smallest absolute Gasteiger partial charge is 0.122 e. The van der Waals surface area contributed by atoms with E-state index < -0.39 is 0 Å². The number of nitrogens with one attached hydrogen (secondary N) is 1. The van der Waals surface area contributed by atoms with Gasteiger partial charge in [0.1, 0.15) is 12.4 Å². The molecule has 0 fully saturated rings. The topological polar surface area (TPSA) is 21.3 Å². The van der Waals surface area contributed by atoms with Gasteiger partial charge in [0.2, 0.25) is 0 Å². The summed E-state index contributed by atoms with van der Waals surface area (Å²) in [6.45, 7) is 16.0. The summed E-state index contributed by atoms with van der Waals surface area (Å²) in [5.41, 5.74) is 2.78. The van der Waals surface area contributed by atoms with Crippen LogP contribution in [0.5, 0.6) is 5.75 Å². The van der Waals surface area contributed by atoms with Gasteiger partial charge < -0.3 is 10.1 Å². The normalized spacial score (nSPS) is 11.9. The SMILES string of the molecule is Cc1cc(C(C)(C)C)ccc1OCCNCCC(C)C. The van der Waals surface area contributed by atoms with E-state index in [1.807, 2.05) is 0 Å². The predicted molar refractivity (Wildman–Crippen MR) is 87.7 cm³/mol. The molecule has 0 bridgehead atoms. The number of ether oxygens (including phenoxy) is 1. The Hall–Kier alpha value is -1.02. The fraction of sp³-hybridized carbons (Fsp3) is 0.667. The average molecular weight is 277 g/mol. The van der Waals surface area contributed by atoms with Crippen molar-refractivity contribution in [3.63, 3.8) is 0 Å². The van der Waals surface area contributed by atoms with E-state index in [2.05, 4.69) is 65.1 Å². The molecule has 0 atom stereocenters. The second kappa shape index (κ2) is 7.68. The minimum absolute atomic E-state index is 0.196. The van der Waals surface area contributed by atoms with Gasteiger partial charge in [-0.25, -0.2) is 0 Å². The molecule has 1 aromatic rings. The van der Waals surface area contributed by atoms with Crippen LogP contribution in [-0.2, 0) is 5.41 Å². The first-order chi connectivity index (χ1) is 9.30. The molecule has 114 valence electrons. The summed E-state index contributed by atoms with van der Waals surface area (Å²) in [5.74, 6) is 1.76.